The molecule has 4 nitrogen and oxygen atoms in total. The number of amides is 1. The molecule has 0 bridgehead atoms. The summed E-state index contributed by atoms with van der Waals surface area (Å²) in [6, 6.07) is 7.52. The molecule has 0 spiro atoms. The molecule has 1 N–H and O–H groups in total. The van der Waals surface area contributed by atoms with Crippen LogP contribution in [0, 0.1) is 5.92 Å². The predicted molar refractivity (Wildman–Crippen MR) is 87.2 cm³/mol. The minimum absolute atomic E-state index is 0.0229. The lowest BCUT2D eigenvalue weighted by atomic mass is 9.78. The van der Waals surface area contributed by atoms with E-state index in [4.69, 9.17) is 9.31 Å². The summed E-state index contributed by atoms with van der Waals surface area (Å²) in [5.41, 5.74) is 0.801. The van der Waals surface area contributed by atoms with Gasteiger partial charge in [0.25, 0.3) is 5.91 Å². The van der Waals surface area contributed by atoms with Crippen molar-refractivity contribution in [3.05, 3.63) is 29.8 Å². The summed E-state index contributed by atoms with van der Waals surface area (Å²) in [5, 5.41) is 2.99. The van der Waals surface area contributed by atoms with E-state index in [9.17, 15) is 4.79 Å². The van der Waals surface area contributed by atoms with E-state index < -0.39 is 7.12 Å². The van der Waals surface area contributed by atoms with Crippen LogP contribution in [0.25, 0.3) is 0 Å². The molecule has 0 unspecified atom stereocenters. The van der Waals surface area contributed by atoms with Crippen molar-refractivity contribution in [1.29, 1.82) is 0 Å². The van der Waals surface area contributed by atoms with Gasteiger partial charge in [-0.15, -0.1) is 0 Å². The number of hydrogen-bond acceptors (Lipinski definition) is 3. The van der Waals surface area contributed by atoms with Crippen molar-refractivity contribution >= 4 is 18.5 Å². The van der Waals surface area contributed by atoms with Gasteiger partial charge in [-0.25, -0.2) is 0 Å². The molecule has 0 atom stereocenters. The minimum atomic E-state index is -0.429. The summed E-state index contributed by atoms with van der Waals surface area (Å²) in [5.74, 6) is 0.653. The zero-order valence-corrected chi connectivity index (χ0v) is 13.8. The second-order valence-electron chi connectivity index (χ2n) is 7.37. The lowest BCUT2D eigenvalue weighted by Gasteiger charge is -2.32. The Morgan fingerprint density at radius 2 is 1.86 bits per heavy atom. The fourth-order valence-corrected chi connectivity index (χ4v) is 2.47. The van der Waals surface area contributed by atoms with Crippen molar-refractivity contribution in [2.24, 2.45) is 5.92 Å². The summed E-state index contributed by atoms with van der Waals surface area (Å²) >= 11 is 0. The molecule has 0 aromatic heterocycles. The lowest BCUT2D eigenvalue weighted by molar-refractivity contribution is 0.00578. The van der Waals surface area contributed by atoms with Gasteiger partial charge in [0.15, 0.2) is 0 Å². The van der Waals surface area contributed by atoms with E-state index in [1.165, 1.54) is 12.8 Å². The van der Waals surface area contributed by atoms with E-state index in [2.05, 4.69) is 5.32 Å². The number of rotatable bonds is 4. The standard InChI is InChI=1S/C17H24BNO3/c1-16(2)17(3,4)22-18(21-16)14-7-5-6-13(10-14)15(20)19-11-12-8-9-12/h5-7,10,12H,8-9,11H2,1-4H3,(H,19,20). The van der Waals surface area contributed by atoms with Gasteiger partial charge in [-0.3, -0.25) is 4.79 Å². The highest BCUT2D eigenvalue weighted by molar-refractivity contribution is 6.62. The number of hydrogen-bond donors (Lipinski definition) is 1. The molecular weight excluding hydrogens is 277 g/mol. The maximum Gasteiger partial charge on any atom is 0.494 e. The number of nitrogens with one attached hydrogen (secondary N) is 1. The molecule has 1 saturated heterocycles. The topological polar surface area (TPSA) is 47.6 Å². The second kappa shape index (κ2) is 5.39. The van der Waals surface area contributed by atoms with Crippen molar-refractivity contribution in [1.82, 2.24) is 5.32 Å². The Hall–Kier alpha value is -1.33. The number of carbonyl (C=O) groups is 1. The van der Waals surface area contributed by atoms with Crippen LogP contribution in [0.3, 0.4) is 0 Å². The molecule has 5 heteroatoms. The first-order valence-electron chi connectivity index (χ1n) is 8.02. The van der Waals surface area contributed by atoms with Crippen LogP contribution in [0.2, 0.25) is 0 Å². The Balaban J connectivity index is 1.72. The molecule has 3 rings (SSSR count). The third kappa shape index (κ3) is 3.06. The maximum absolute atomic E-state index is 12.2. The van der Waals surface area contributed by atoms with Crippen LogP contribution in [0.4, 0.5) is 0 Å². The van der Waals surface area contributed by atoms with Crippen molar-refractivity contribution in [2.45, 2.75) is 51.7 Å². The number of carbonyl (C=O) groups excluding carboxylic acids is 1. The van der Waals surface area contributed by atoms with Gasteiger partial charge in [-0.05, 0) is 64.1 Å². The number of benzene rings is 1. The molecule has 1 aliphatic carbocycles. The largest absolute Gasteiger partial charge is 0.494 e. The first kappa shape index (κ1) is 15.6. The first-order valence-corrected chi connectivity index (χ1v) is 8.02. The molecule has 1 saturated carbocycles. The van der Waals surface area contributed by atoms with Crippen LogP contribution < -0.4 is 10.8 Å². The van der Waals surface area contributed by atoms with Gasteiger partial charge < -0.3 is 14.6 Å². The molecule has 118 valence electrons. The van der Waals surface area contributed by atoms with E-state index in [1.807, 2.05) is 52.0 Å². The van der Waals surface area contributed by atoms with Crippen LogP contribution in [0.1, 0.15) is 50.9 Å². The Bertz CT molecular complexity index is 565. The highest BCUT2D eigenvalue weighted by atomic mass is 16.7. The highest BCUT2D eigenvalue weighted by Crippen LogP contribution is 2.36. The van der Waals surface area contributed by atoms with Crippen LogP contribution in [0.5, 0.6) is 0 Å². The second-order valence-corrected chi connectivity index (χ2v) is 7.37. The molecular formula is C17H24BNO3. The van der Waals surface area contributed by atoms with Crippen LogP contribution >= 0.6 is 0 Å². The molecule has 0 radical (unpaired) electrons. The monoisotopic (exact) mass is 301 g/mol. The lowest BCUT2D eigenvalue weighted by Crippen LogP contribution is -2.41. The molecule has 22 heavy (non-hydrogen) atoms. The maximum atomic E-state index is 12.2. The summed E-state index contributed by atoms with van der Waals surface area (Å²) in [4.78, 5) is 12.2. The van der Waals surface area contributed by atoms with Crippen molar-refractivity contribution in [2.75, 3.05) is 6.54 Å². The Labute approximate surface area is 132 Å². The fourth-order valence-electron chi connectivity index (χ4n) is 2.47. The van der Waals surface area contributed by atoms with E-state index in [-0.39, 0.29) is 17.1 Å². The Morgan fingerprint density at radius 3 is 2.45 bits per heavy atom. The summed E-state index contributed by atoms with van der Waals surface area (Å²) in [6.07, 6.45) is 2.46. The van der Waals surface area contributed by atoms with Crippen molar-refractivity contribution in [3.8, 4) is 0 Å². The average Bonchev–Trinajstić information content (AvgIpc) is 3.24. The predicted octanol–water partition coefficient (Wildman–Crippen LogP) is 2.13. The van der Waals surface area contributed by atoms with E-state index in [1.54, 1.807) is 0 Å². The van der Waals surface area contributed by atoms with Crippen LogP contribution in [-0.2, 0) is 9.31 Å². The van der Waals surface area contributed by atoms with E-state index in [0.717, 1.165) is 12.0 Å². The van der Waals surface area contributed by atoms with Crippen LogP contribution in [0.15, 0.2) is 24.3 Å². The van der Waals surface area contributed by atoms with Gasteiger partial charge in [-0.1, -0.05) is 12.1 Å². The third-order valence-corrected chi connectivity index (χ3v) is 4.92. The molecule has 2 aliphatic rings. The Kier molecular flexibility index (Phi) is 3.81. The van der Waals surface area contributed by atoms with Gasteiger partial charge in [0.1, 0.15) is 0 Å². The first-order chi connectivity index (χ1) is 10.3. The summed E-state index contributed by atoms with van der Waals surface area (Å²) in [7, 11) is -0.429. The smallest absolute Gasteiger partial charge is 0.399 e. The van der Waals surface area contributed by atoms with Gasteiger partial charge in [0.05, 0.1) is 11.2 Å². The van der Waals surface area contributed by atoms with E-state index >= 15 is 0 Å². The molecule has 2 fully saturated rings. The molecule has 1 aliphatic heterocycles. The average molecular weight is 301 g/mol. The van der Waals surface area contributed by atoms with Crippen molar-refractivity contribution < 1.29 is 14.1 Å². The molecule has 1 amide bonds. The van der Waals surface area contributed by atoms with Crippen molar-refractivity contribution in [3.63, 3.8) is 0 Å². The highest BCUT2D eigenvalue weighted by Gasteiger charge is 2.51. The van der Waals surface area contributed by atoms with Crippen LogP contribution in [-0.4, -0.2) is 30.8 Å². The summed E-state index contributed by atoms with van der Waals surface area (Å²) in [6.45, 7) is 8.89. The van der Waals surface area contributed by atoms with E-state index in [0.29, 0.717) is 11.5 Å². The minimum Gasteiger partial charge on any atom is -0.399 e. The van der Waals surface area contributed by atoms with Gasteiger partial charge in [-0.2, -0.15) is 0 Å². The van der Waals surface area contributed by atoms with Gasteiger partial charge >= 0.3 is 7.12 Å². The zero-order valence-electron chi connectivity index (χ0n) is 13.8. The quantitative estimate of drug-likeness (QED) is 0.867. The zero-order chi connectivity index (χ0) is 16.0. The fraction of sp³-hybridized carbons (Fsp3) is 0.588. The normalized spacial score (nSPS) is 22.6. The third-order valence-electron chi connectivity index (χ3n) is 4.92. The molecule has 1 aromatic rings. The van der Waals surface area contributed by atoms with Gasteiger partial charge in [0, 0.05) is 12.1 Å². The SMILES string of the molecule is CC1(C)OB(c2cccc(C(=O)NCC3CC3)c2)OC1(C)C. The summed E-state index contributed by atoms with van der Waals surface area (Å²) < 4.78 is 12.1. The molecule has 1 heterocycles. The Morgan fingerprint density at radius 1 is 1.23 bits per heavy atom. The molecule has 1 aromatic carbocycles. The van der Waals surface area contributed by atoms with Gasteiger partial charge in [0.2, 0.25) is 0 Å².